The van der Waals surface area contributed by atoms with Gasteiger partial charge in [-0.3, -0.25) is 20.7 Å². The van der Waals surface area contributed by atoms with E-state index in [1.165, 1.54) is 7.05 Å². The monoisotopic (exact) mass is 365 g/mol. The van der Waals surface area contributed by atoms with Gasteiger partial charge in [0.25, 0.3) is 0 Å². The lowest BCUT2D eigenvalue weighted by atomic mass is 10.2. The van der Waals surface area contributed by atoms with Crippen molar-refractivity contribution >= 4 is 29.4 Å². The molecule has 1 radical (unpaired) electrons. The summed E-state index contributed by atoms with van der Waals surface area (Å²) in [5, 5.41) is 13.2. The molecule has 0 fully saturated rings. The van der Waals surface area contributed by atoms with Crippen molar-refractivity contribution < 1.29 is 18.8 Å². The largest absolute Gasteiger partial charge is 0.430 e. The number of hydrogen-bond donors (Lipinski definition) is 2. The normalized spacial score (nSPS) is 11.6. The quantitative estimate of drug-likeness (QED) is 0.730. The first-order valence-corrected chi connectivity index (χ1v) is 7.86. The van der Waals surface area contributed by atoms with Gasteiger partial charge in [0.1, 0.15) is 5.76 Å². The summed E-state index contributed by atoms with van der Waals surface area (Å²) >= 11 is 6.09. The van der Waals surface area contributed by atoms with Crippen molar-refractivity contribution in [2.45, 2.75) is 26.1 Å². The van der Waals surface area contributed by atoms with Crippen molar-refractivity contribution in [1.29, 1.82) is 0 Å². The average Bonchev–Trinajstić information content (AvgIpc) is 2.98. The van der Waals surface area contributed by atoms with E-state index in [-0.39, 0.29) is 12.2 Å². The lowest BCUT2D eigenvalue weighted by Crippen LogP contribution is -2.38. The summed E-state index contributed by atoms with van der Waals surface area (Å²) in [6, 6.07) is 8.77. The number of hydrogen-bond acceptors (Lipinski definition) is 6. The zero-order chi connectivity index (χ0) is 18.2. The Morgan fingerprint density at radius 2 is 2.16 bits per heavy atom. The van der Waals surface area contributed by atoms with E-state index < -0.39 is 18.2 Å². The van der Waals surface area contributed by atoms with Gasteiger partial charge in [-0.25, -0.2) is 4.79 Å². The molecule has 2 N–H and O–H groups in total. The van der Waals surface area contributed by atoms with Crippen molar-refractivity contribution in [3.8, 4) is 0 Å². The SMILES string of the molecule is C[N]C(=O)CC(NCc1ccccc1Cl)OC(=O)Nc1cc(C)on1. The number of amides is 2. The maximum atomic E-state index is 12.0. The molecule has 2 amide bonds. The predicted octanol–water partition coefficient (Wildman–Crippen LogP) is 2.45. The second-order valence-electron chi connectivity index (χ2n) is 5.14. The van der Waals surface area contributed by atoms with Crippen molar-refractivity contribution in [2.24, 2.45) is 0 Å². The van der Waals surface area contributed by atoms with Crippen LogP contribution in [-0.2, 0) is 16.1 Å². The number of aromatic nitrogens is 1. The minimum Gasteiger partial charge on any atom is -0.430 e. The maximum Gasteiger partial charge on any atom is 0.414 e. The van der Waals surface area contributed by atoms with Crippen LogP contribution >= 0.6 is 11.6 Å². The molecule has 2 rings (SSSR count). The van der Waals surface area contributed by atoms with Crippen molar-refractivity contribution in [3.05, 3.63) is 46.7 Å². The number of carbonyl (C=O) groups is 2. The summed E-state index contributed by atoms with van der Waals surface area (Å²) in [7, 11) is 1.38. The summed E-state index contributed by atoms with van der Waals surface area (Å²) in [5.74, 6) is 0.365. The molecule has 0 aliphatic carbocycles. The molecular weight excluding hydrogens is 348 g/mol. The van der Waals surface area contributed by atoms with Gasteiger partial charge in [0.2, 0.25) is 5.91 Å². The number of benzene rings is 1. The second-order valence-corrected chi connectivity index (χ2v) is 5.54. The predicted molar refractivity (Wildman–Crippen MR) is 91.1 cm³/mol. The van der Waals surface area contributed by atoms with Gasteiger partial charge in [-0.1, -0.05) is 35.0 Å². The molecule has 1 aromatic heterocycles. The fourth-order valence-electron chi connectivity index (χ4n) is 1.96. The van der Waals surface area contributed by atoms with Gasteiger partial charge in [-0.05, 0) is 18.6 Å². The number of nitrogens with zero attached hydrogens (tertiary/aromatic N) is 2. The molecule has 8 nitrogen and oxygen atoms in total. The maximum absolute atomic E-state index is 12.0. The van der Waals surface area contributed by atoms with Gasteiger partial charge in [-0.15, -0.1) is 0 Å². The third-order valence-corrected chi connectivity index (χ3v) is 3.56. The number of anilines is 1. The minimum atomic E-state index is -0.875. The standard InChI is InChI=1S/C16H18ClN4O4/c1-10-7-13(21-25-10)20-16(23)24-15(8-14(22)18-2)19-9-11-5-3-4-6-12(11)17/h3-7,15,19H,8-9H2,1-2H3,(H,20,21,23). The van der Waals surface area contributed by atoms with Gasteiger partial charge >= 0.3 is 6.09 Å². The zero-order valence-corrected chi connectivity index (χ0v) is 14.5. The van der Waals surface area contributed by atoms with Crippen LogP contribution in [0, 0.1) is 6.92 Å². The molecule has 25 heavy (non-hydrogen) atoms. The fourth-order valence-corrected chi connectivity index (χ4v) is 2.16. The molecular formula is C16H18ClN4O4. The van der Waals surface area contributed by atoms with E-state index in [4.69, 9.17) is 20.9 Å². The van der Waals surface area contributed by atoms with Crippen molar-refractivity contribution in [1.82, 2.24) is 15.8 Å². The highest BCUT2D eigenvalue weighted by molar-refractivity contribution is 6.31. The van der Waals surface area contributed by atoms with Crippen molar-refractivity contribution in [2.75, 3.05) is 12.4 Å². The number of carbonyl (C=O) groups excluding carboxylic acids is 2. The molecule has 1 heterocycles. The Balaban J connectivity index is 1.95. The molecule has 0 saturated carbocycles. The Morgan fingerprint density at radius 1 is 1.40 bits per heavy atom. The van der Waals surface area contributed by atoms with Crippen LogP contribution in [-0.4, -0.2) is 30.4 Å². The van der Waals surface area contributed by atoms with E-state index in [9.17, 15) is 9.59 Å². The van der Waals surface area contributed by atoms with E-state index in [1.54, 1.807) is 19.1 Å². The van der Waals surface area contributed by atoms with Crippen LogP contribution in [0.15, 0.2) is 34.9 Å². The summed E-state index contributed by atoms with van der Waals surface area (Å²) in [4.78, 5) is 23.5. The van der Waals surface area contributed by atoms with Crippen LogP contribution in [0.2, 0.25) is 5.02 Å². The Hall–Kier alpha value is -2.58. The Bertz CT molecular complexity index is 734. The summed E-state index contributed by atoms with van der Waals surface area (Å²) in [6.45, 7) is 2.01. The van der Waals surface area contributed by atoms with Gasteiger partial charge in [0.15, 0.2) is 12.0 Å². The van der Waals surface area contributed by atoms with E-state index in [1.807, 2.05) is 18.2 Å². The molecule has 133 valence electrons. The molecule has 0 spiro atoms. The molecule has 1 aromatic carbocycles. The topological polar surface area (TPSA) is 108 Å². The lowest BCUT2D eigenvalue weighted by molar-refractivity contribution is -0.123. The third-order valence-electron chi connectivity index (χ3n) is 3.19. The van der Waals surface area contributed by atoms with E-state index in [2.05, 4.69) is 21.1 Å². The lowest BCUT2D eigenvalue weighted by Gasteiger charge is -2.18. The molecule has 0 saturated heterocycles. The molecule has 1 unspecified atom stereocenters. The van der Waals surface area contributed by atoms with E-state index >= 15 is 0 Å². The van der Waals surface area contributed by atoms with Crippen LogP contribution in [0.5, 0.6) is 0 Å². The molecule has 2 aromatic rings. The smallest absolute Gasteiger partial charge is 0.414 e. The molecule has 0 bridgehead atoms. The van der Waals surface area contributed by atoms with Gasteiger partial charge in [-0.2, -0.15) is 0 Å². The molecule has 0 aliphatic rings. The highest BCUT2D eigenvalue weighted by Crippen LogP contribution is 2.15. The number of ether oxygens (including phenoxy) is 1. The van der Waals surface area contributed by atoms with Gasteiger partial charge < -0.3 is 9.26 Å². The number of aryl methyl sites for hydroxylation is 1. The third kappa shape index (κ3) is 6.09. The van der Waals surface area contributed by atoms with E-state index in [0.717, 1.165) is 5.56 Å². The Labute approximate surface area is 149 Å². The van der Waals surface area contributed by atoms with Crippen LogP contribution in [0.1, 0.15) is 17.7 Å². The number of halogens is 1. The van der Waals surface area contributed by atoms with Gasteiger partial charge in [0.05, 0.1) is 6.42 Å². The molecule has 9 heteroatoms. The van der Waals surface area contributed by atoms with Crippen LogP contribution in [0.3, 0.4) is 0 Å². The second kappa shape index (κ2) is 9.05. The highest BCUT2D eigenvalue weighted by Gasteiger charge is 2.19. The molecule has 1 atom stereocenters. The summed E-state index contributed by atoms with van der Waals surface area (Å²) in [5.41, 5.74) is 0.811. The summed E-state index contributed by atoms with van der Waals surface area (Å²) < 4.78 is 10.1. The van der Waals surface area contributed by atoms with Crippen molar-refractivity contribution in [3.63, 3.8) is 0 Å². The Kier molecular flexibility index (Phi) is 6.79. The van der Waals surface area contributed by atoms with Crippen LogP contribution in [0.25, 0.3) is 0 Å². The average molecular weight is 366 g/mol. The zero-order valence-electron chi connectivity index (χ0n) is 13.8. The van der Waals surface area contributed by atoms with Gasteiger partial charge in [0, 0.05) is 24.7 Å². The minimum absolute atomic E-state index is 0.105. The number of nitrogens with one attached hydrogen (secondary N) is 2. The van der Waals surface area contributed by atoms with Crippen LogP contribution in [0.4, 0.5) is 10.6 Å². The first-order chi connectivity index (χ1) is 12.0. The summed E-state index contributed by atoms with van der Waals surface area (Å²) in [6.07, 6.45) is -1.75. The number of rotatable bonds is 7. The fraction of sp³-hybridized carbons (Fsp3) is 0.312. The highest BCUT2D eigenvalue weighted by atomic mass is 35.5. The first kappa shape index (κ1) is 18.8. The molecule has 0 aliphatic heterocycles. The Morgan fingerprint density at radius 3 is 2.80 bits per heavy atom. The van der Waals surface area contributed by atoms with E-state index in [0.29, 0.717) is 17.3 Å². The van der Waals surface area contributed by atoms with Crippen LogP contribution < -0.4 is 16.0 Å². The first-order valence-electron chi connectivity index (χ1n) is 7.48.